The third-order valence-corrected chi connectivity index (χ3v) is 12.4. The summed E-state index contributed by atoms with van der Waals surface area (Å²) in [4.78, 5) is 2.40. The van der Waals surface area contributed by atoms with Crippen molar-refractivity contribution in [1.82, 2.24) is 0 Å². The summed E-state index contributed by atoms with van der Waals surface area (Å²) < 4.78 is 2.65. The van der Waals surface area contributed by atoms with Gasteiger partial charge in [0.2, 0.25) is 0 Å². The van der Waals surface area contributed by atoms with Gasteiger partial charge in [0.05, 0.1) is 5.69 Å². The molecule has 0 saturated carbocycles. The molecule has 1 aromatic heterocycles. The van der Waals surface area contributed by atoms with E-state index in [0.717, 1.165) is 17.1 Å². The van der Waals surface area contributed by atoms with E-state index >= 15 is 0 Å². The van der Waals surface area contributed by atoms with Gasteiger partial charge in [-0.2, -0.15) is 0 Å². The van der Waals surface area contributed by atoms with Crippen molar-refractivity contribution in [2.75, 3.05) is 4.90 Å². The Hall–Kier alpha value is -7.00. The van der Waals surface area contributed by atoms with E-state index in [0.29, 0.717) is 0 Å². The van der Waals surface area contributed by atoms with Gasteiger partial charge in [0.1, 0.15) is 0 Å². The van der Waals surface area contributed by atoms with E-state index in [1.54, 1.807) is 0 Å². The van der Waals surface area contributed by atoms with Crippen LogP contribution in [0.2, 0.25) is 0 Å². The summed E-state index contributed by atoms with van der Waals surface area (Å²) in [6.45, 7) is 0. The Balaban J connectivity index is 1.02. The van der Waals surface area contributed by atoms with Crippen LogP contribution in [0.3, 0.4) is 0 Å². The zero-order valence-electron chi connectivity index (χ0n) is 30.6. The van der Waals surface area contributed by atoms with Crippen LogP contribution in [0.5, 0.6) is 0 Å². The molecule has 0 spiro atoms. The summed E-state index contributed by atoms with van der Waals surface area (Å²) in [5, 5.41) is 10.3. The average molecular weight is 730 g/mol. The summed E-state index contributed by atoms with van der Waals surface area (Å²) in [6, 6.07) is 77.7. The monoisotopic (exact) mass is 729 g/mol. The van der Waals surface area contributed by atoms with Gasteiger partial charge < -0.3 is 4.90 Å². The molecule has 0 atom stereocenters. The van der Waals surface area contributed by atoms with Crippen molar-refractivity contribution in [2.24, 2.45) is 0 Å². The number of hydrogen-bond donors (Lipinski definition) is 0. The summed E-state index contributed by atoms with van der Waals surface area (Å²) in [5.41, 5.74) is 10.6. The van der Waals surface area contributed by atoms with Crippen molar-refractivity contribution < 1.29 is 0 Å². The molecular weight excluding hydrogens is 695 g/mol. The standard InChI is InChI=1S/C54H35NS/c1-2-11-37(12-3-1)47-17-8-9-20-52(47)55(44-29-25-36(26-30-44)43-24-23-40-22-21-38-13-6-7-16-46(38)50(40)33-43)45-31-27-39(28-32-45)48-18-10-19-49-51-34-41-14-4-5-15-42(41)35-53(51)56-54(48)49/h1-35H. The number of nitrogens with zero attached hydrogens (tertiary/aromatic N) is 1. The van der Waals surface area contributed by atoms with E-state index in [1.807, 2.05) is 11.3 Å². The molecule has 0 amide bonds. The molecule has 262 valence electrons. The Labute approximate surface area is 330 Å². The molecule has 2 heteroatoms. The van der Waals surface area contributed by atoms with Crippen LogP contribution < -0.4 is 4.90 Å². The predicted molar refractivity (Wildman–Crippen MR) is 243 cm³/mol. The van der Waals surface area contributed by atoms with Crippen molar-refractivity contribution in [3.63, 3.8) is 0 Å². The Morgan fingerprint density at radius 2 is 0.857 bits per heavy atom. The minimum Gasteiger partial charge on any atom is -0.310 e. The fourth-order valence-electron chi connectivity index (χ4n) is 8.44. The van der Waals surface area contributed by atoms with Crippen LogP contribution in [0.25, 0.3) is 85.9 Å². The van der Waals surface area contributed by atoms with Crippen molar-refractivity contribution in [3.05, 3.63) is 212 Å². The quantitative estimate of drug-likeness (QED) is 0.154. The maximum atomic E-state index is 2.40. The minimum atomic E-state index is 1.11. The highest BCUT2D eigenvalue weighted by atomic mass is 32.1. The highest BCUT2D eigenvalue weighted by molar-refractivity contribution is 7.26. The zero-order chi connectivity index (χ0) is 37.0. The number of anilines is 3. The molecule has 0 bridgehead atoms. The number of thiophene rings is 1. The van der Waals surface area contributed by atoms with Crippen molar-refractivity contribution in [3.8, 4) is 33.4 Å². The van der Waals surface area contributed by atoms with Gasteiger partial charge in [-0.05, 0) is 109 Å². The lowest BCUT2D eigenvalue weighted by Gasteiger charge is -2.28. The van der Waals surface area contributed by atoms with Crippen molar-refractivity contribution in [2.45, 2.75) is 0 Å². The molecule has 56 heavy (non-hydrogen) atoms. The van der Waals surface area contributed by atoms with Crippen LogP contribution in [0.1, 0.15) is 0 Å². The van der Waals surface area contributed by atoms with E-state index < -0.39 is 0 Å². The third kappa shape index (κ3) is 5.54. The molecule has 0 aliphatic heterocycles. The largest absolute Gasteiger partial charge is 0.310 e. The highest BCUT2D eigenvalue weighted by Gasteiger charge is 2.18. The Bertz CT molecular complexity index is 3230. The molecular formula is C54H35NS. The van der Waals surface area contributed by atoms with Gasteiger partial charge in [-0.25, -0.2) is 0 Å². The maximum absolute atomic E-state index is 2.40. The molecule has 10 aromatic carbocycles. The molecule has 1 nitrogen and oxygen atoms in total. The summed E-state index contributed by atoms with van der Waals surface area (Å²) in [5.74, 6) is 0. The lowest BCUT2D eigenvalue weighted by atomic mass is 9.97. The normalized spacial score (nSPS) is 11.6. The molecule has 0 aliphatic carbocycles. The highest BCUT2D eigenvalue weighted by Crippen LogP contribution is 2.44. The molecule has 0 fully saturated rings. The lowest BCUT2D eigenvalue weighted by Crippen LogP contribution is -2.11. The van der Waals surface area contributed by atoms with E-state index in [2.05, 4.69) is 217 Å². The van der Waals surface area contributed by atoms with E-state index in [-0.39, 0.29) is 0 Å². The molecule has 11 aromatic rings. The summed E-state index contributed by atoms with van der Waals surface area (Å²) >= 11 is 1.89. The van der Waals surface area contributed by atoms with Crippen molar-refractivity contribution in [1.29, 1.82) is 0 Å². The first-order valence-corrected chi connectivity index (χ1v) is 20.0. The third-order valence-electron chi connectivity index (χ3n) is 11.2. The fraction of sp³-hybridized carbons (Fsp3) is 0. The number of para-hydroxylation sites is 1. The second kappa shape index (κ2) is 13.4. The number of hydrogen-bond acceptors (Lipinski definition) is 2. The van der Waals surface area contributed by atoms with Crippen LogP contribution in [0.4, 0.5) is 17.1 Å². The van der Waals surface area contributed by atoms with Gasteiger partial charge in [0.25, 0.3) is 0 Å². The minimum absolute atomic E-state index is 1.11. The Morgan fingerprint density at radius 3 is 1.64 bits per heavy atom. The smallest absolute Gasteiger partial charge is 0.0540 e. The van der Waals surface area contributed by atoms with Crippen LogP contribution in [-0.4, -0.2) is 0 Å². The van der Waals surface area contributed by atoms with E-state index in [9.17, 15) is 0 Å². The topological polar surface area (TPSA) is 3.24 Å². The van der Waals surface area contributed by atoms with E-state index in [1.165, 1.54) is 85.9 Å². The summed E-state index contributed by atoms with van der Waals surface area (Å²) in [7, 11) is 0. The molecule has 1 heterocycles. The van der Waals surface area contributed by atoms with Crippen LogP contribution in [0, 0.1) is 0 Å². The molecule has 11 rings (SSSR count). The van der Waals surface area contributed by atoms with Gasteiger partial charge in [-0.3, -0.25) is 0 Å². The van der Waals surface area contributed by atoms with Gasteiger partial charge in [0, 0.05) is 37.1 Å². The first-order chi connectivity index (χ1) is 27.7. The number of fused-ring (bicyclic) bond motifs is 7. The van der Waals surface area contributed by atoms with Gasteiger partial charge in [-0.15, -0.1) is 11.3 Å². The second-order valence-electron chi connectivity index (χ2n) is 14.5. The van der Waals surface area contributed by atoms with Gasteiger partial charge >= 0.3 is 0 Å². The zero-order valence-corrected chi connectivity index (χ0v) is 31.4. The van der Waals surface area contributed by atoms with Gasteiger partial charge in [0.15, 0.2) is 0 Å². The fourth-order valence-corrected chi connectivity index (χ4v) is 9.71. The lowest BCUT2D eigenvalue weighted by molar-refractivity contribution is 1.28. The maximum Gasteiger partial charge on any atom is 0.0540 e. The average Bonchev–Trinajstić information content (AvgIpc) is 3.64. The second-order valence-corrected chi connectivity index (χ2v) is 15.6. The van der Waals surface area contributed by atoms with E-state index in [4.69, 9.17) is 0 Å². The van der Waals surface area contributed by atoms with Crippen LogP contribution >= 0.6 is 11.3 Å². The molecule has 0 saturated heterocycles. The Kier molecular flexibility index (Phi) is 7.75. The Morgan fingerprint density at radius 1 is 0.304 bits per heavy atom. The van der Waals surface area contributed by atoms with Crippen LogP contribution in [0.15, 0.2) is 212 Å². The van der Waals surface area contributed by atoms with Crippen LogP contribution in [-0.2, 0) is 0 Å². The first-order valence-electron chi connectivity index (χ1n) is 19.2. The number of rotatable bonds is 6. The molecule has 0 unspecified atom stereocenters. The van der Waals surface area contributed by atoms with Crippen molar-refractivity contribution >= 4 is 80.9 Å². The number of benzene rings is 10. The van der Waals surface area contributed by atoms with Gasteiger partial charge in [-0.1, -0.05) is 164 Å². The first kappa shape index (κ1) is 32.4. The molecule has 0 radical (unpaired) electrons. The molecule has 0 N–H and O–H groups in total. The molecule has 0 aliphatic rings. The predicted octanol–water partition coefficient (Wildman–Crippen LogP) is 16.0. The summed E-state index contributed by atoms with van der Waals surface area (Å²) in [6.07, 6.45) is 0. The SMILES string of the molecule is c1ccc(-c2ccccc2N(c2ccc(-c3ccc4ccc5ccccc5c4c3)cc2)c2ccc(-c3cccc4c3sc3cc5ccccc5cc34)cc2)cc1.